The number of rotatable bonds is 3. The SMILES string of the molecule is Cc1cccc2c1nc(C(C)C)n2Cc1c(F)cccc1F. The van der Waals surface area contributed by atoms with Gasteiger partial charge in [-0.15, -0.1) is 0 Å². The molecule has 0 atom stereocenters. The first-order chi connectivity index (χ1) is 10.5. The highest BCUT2D eigenvalue weighted by Crippen LogP contribution is 2.26. The molecule has 2 nitrogen and oxygen atoms in total. The lowest BCUT2D eigenvalue weighted by Crippen LogP contribution is -2.09. The third-order valence-corrected chi connectivity index (χ3v) is 3.90. The Balaban J connectivity index is 2.21. The summed E-state index contributed by atoms with van der Waals surface area (Å²) in [4.78, 5) is 4.69. The number of para-hydroxylation sites is 1. The van der Waals surface area contributed by atoms with Crippen molar-refractivity contribution in [2.45, 2.75) is 33.2 Å². The Morgan fingerprint density at radius 1 is 1.05 bits per heavy atom. The molecule has 0 saturated heterocycles. The molecular weight excluding hydrogens is 282 g/mol. The molecule has 22 heavy (non-hydrogen) atoms. The Morgan fingerprint density at radius 2 is 1.68 bits per heavy atom. The molecule has 0 spiro atoms. The van der Waals surface area contributed by atoms with Crippen LogP contribution in [0.3, 0.4) is 0 Å². The maximum Gasteiger partial charge on any atom is 0.131 e. The summed E-state index contributed by atoms with van der Waals surface area (Å²) in [5, 5.41) is 0. The van der Waals surface area contributed by atoms with Crippen LogP contribution in [0, 0.1) is 18.6 Å². The standard InChI is InChI=1S/C18H18F2N2/c1-11(2)18-21-17-12(3)6-4-9-16(17)22(18)10-13-14(19)7-5-8-15(13)20/h4-9,11H,10H2,1-3H3. The summed E-state index contributed by atoms with van der Waals surface area (Å²) < 4.78 is 29.9. The number of hydrogen-bond acceptors (Lipinski definition) is 1. The van der Waals surface area contributed by atoms with Crippen LogP contribution in [0.2, 0.25) is 0 Å². The Bertz CT molecular complexity index is 814. The molecule has 4 heteroatoms. The molecule has 1 aromatic heterocycles. The van der Waals surface area contributed by atoms with Gasteiger partial charge in [0.1, 0.15) is 17.5 Å². The van der Waals surface area contributed by atoms with Crippen molar-refractivity contribution in [3.8, 4) is 0 Å². The summed E-state index contributed by atoms with van der Waals surface area (Å²) in [6, 6.07) is 9.84. The van der Waals surface area contributed by atoms with Crippen LogP contribution in [0.1, 0.15) is 36.7 Å². The van der Waals surface area contributed by atoms with E-state index in [-0.39, 0.29) is 18.0 Å². The number of halogens is 2. The second-order valence-electron chi connectivity index (χ2n) is 5.85. The Hall–Kier alpha value is -2.23. The molecule has 0 fully saturated rings. The van der Waals surface area contributed by atoms with Crippen molar-refractivity contribution in [2.24, 2.45) is 0 Å². The number of aryl methyl sites for hydroxylation is 1. The Morgan fingerprint density at radius 3 is 2.32 bits per heavy atom. The van der Waals surface area contributed by atoms with E-state index >= 15 is 0 Å². The van der Waals surface area contributed by atoms with Gasteiger partial charge in [-0.2, -0.15) is 0 Å². The molecule has 0 N–H and O–H groups in total. The van der Waals surface area contributed by atoms with E-state index < -0.39 is 11.6 Å². The van der Waals surface area contributed by atoms with E-state index in [4.69, 9.17) is 0 Å². The molecule has 0 amide bonds. The van der Waals surface area contributed by atoms with Gasteiger partial charge in [0.15, 0.2) is 0 Å². The van der Waals surface area contributed by atoms with Gasteiger partial charge in [-0.3, -0.25) is 0 Å². The summed E-state index contributed by atoms with van der Waals surface area (Å²) in [7, 11) is 0. The zero-order valence-electron chi connectivity index (χ0n) is 12.9. The lowest BCUT2D eigenvalue weighted by molar-refractivity contribution is 0.540. The van der Waals surface area contributed by atoms with Gasteiger partial charge in [0.2, 0.25) is 0 Å². The molecule has 114 valence electrons. The van der Waals surface area contributed by atoms with Gasteiger partial charge in [-0.1, -0.05) is 32.0 Å². The molecule has 1 heterocycles. The first-order valence-electron chi connectivity index (χ1n) is 7.37. The fraction of sp³-hybridized carbons (Fsp3) is 0.278. The molecule has 0 bridgehead atoms. The van der Waals surface area contributed by atoms with Crippen molar-refractivity contribution in [3.63, 3.8) is 0 Å². The Kier molecular flexibility index (Phi) is 3.69. The molecule has 0 radical (unpaired) electrons. The van der Waals surface area contributed by atoms with Crippen LogP contribution >= 0.6 is 0 Å². The first kappa shape index (κ1) is 14.7. The van der Waals surface area contributed by atoms with E-state index in [1.807, 2.05) is 43.5 Å². The van der Waals surface area contributed by atoms with Crippen LogP contribution in [0.15, 0.2) is 36.4 Å². The quantitative estimate of drug-likeness (QED) is 0.679. The Labute approximate surface area is 128 Å². The van der Waals surface area contributed by atoms with E-state index in [0.717, 1.165) is 22.4 Å². The van der Waals surface area contributed by atoms with E-state index in [0.29, 0.717) is 0 Å². The maximum atomic E-state index is 14.0. The van der Waals surface area contributed by atoms with Crippen LogP contribution < -0.4 is 0 Å². The molecule has 0 aliphatic heterocycles. The van der Waals surface area contributed by atoms with E-state index in [1.54, 1.807) is 0 Å². The zero-order chi connectivity index (χ0) is 15.9. The van der Waals surface area contributed by atoms with Crippen molar-refractivity contribution in [1.82, 2.24) is 9.55 Å². The van der Waals surface area contributed by atoms with E-state index in [2.05, 4.69) is 4.98 Å². The number of aromatic nitrogens is 2. The van der Waals surface area contributed by atoms with Gasteiger partial charge < -0.3 is 4.57 Å². The second kappa shape index (κ2) is 5.52. The minimum Gasteiger partial charge on any atom is -0.323 e. The number of hydrogen-bond donors (Lipinski definition) is 0. The number of nitrogens with zero attached hydrogens (tertiary/aromatic N) is 2. The highest BCUT2D eigenvalue weighted by molar-refractivity contribution is 5.79. The molecule has 0 aliphatic carbocycles. The summed E-state index contributed by atoms with van der Waals surface area (Å²) >= 11 is 0. The van der Waals surface area contributed by atoms with Gasteiger partial charge >= 0.3 is 0 Å². The monoisotopic (exact) mass is 300 g/mol. The van der Waals surface area contributed by atoms with Crippen molar-refractivity contribution >= 4 is 11.0 Å². The normalized spacial score (nSPS) is 11.5. The molecule has 0 aliphatic rings. The second-order valence-corrected chi connectivity index (χ2v) is 5.85. The van der Waals surface area contributed by atoms with Crippen LogP contribution in [0.4, 0.5) is 8.78 Å². The third-order valence-electron chi connectivity index (χ3n) is 3.90. The van der Waals surface area contributed by atoms with Gasteiger partial charge in [0.05, 0.1) is 17.6 Å². The predicted molar refractivity (Wildman–Crippen MR) is 84.0 cm³/mol. The van der Waals surface area contributed by atoms with Crippen LogP contribution in [-0.4, -0.2) is 9.55 Å². The van der Waals surface area contributed by atoms with E-state index in [1.165, 1.54) is 18.2 Å². The lowest BCUT2D eigenvalue weighted by atomic mass is 10.1. The van der Waals surface area contributed by atoms with E-state index in [9.17, 15) is 8.78 Å². The minimum absolute atomic E-state index is 0.0743. The molecule has 0 saturated carbocycles. The molecule has 3 aromatic rings. The van der Waals surface area contributed by atoms with Crippen LogP contribution in [-0.2, 0) is 6.54 Å². The lowest BCUT2D eigenvalue weighted by Gasteiger charge is -2.13. The van der Waals surface area contributed by atoms with Crippen LogP contribution in [0.25, 0.3) is 11.0 Å². The smallest absolute Gasteiger partial charge is 0.131 e. The third kappa shape index (κ3) is 2.39. The largest absolute Gasteiger partial charge is 0.323 e. The maximum absolute atomic E-state index is 14.0. The zero-order valence-corrected chi connectivity index (χ0v) is 12.9. The average Bonchev–Trinajstić information content (AvgIpc) is 2.83. The summed E-state index contributed by atoms with van der Waals surface area (Å²) in [6.07, 6.45) is 0. The summed E-state index contributed by atoms with van der Waals surface area (Å²) in [6.45, 7) is 6.20. The number of imidazole rings is 1. The van der Waals surface area contributed by atoms with Crippen molar-refractivity contribution in [1.29, 1.82) is 0 Å². The minimum atomic E-state index is -0.524. The van der Waals surface area contributed by atoms with Crippen molar-refractivity contribution < 1.29 is 8.78 Å². The fourth-order valence-electron chi connectivity index (χ4n) is 2.75. The average molecular weight is 300 g/mol. The van der Waals surface area contributed by atoms with Crippen LogP contribution in [0.5, 0.6) is 0 Å². The number of fused-ring (bicyclic) bond motifs is 1. The summed E-state index contributed by atoms with van der Waals surface area (Å²) in [5.74, 6) is -0.0398. The molecular formula is C18H18F2N2. The van der Waals surface area contributed by atoms with Crippen molar-refractivity contribution in [2.75, 3.05) is 0 Å². The predicted octanol–water partition coefficient (Wildman–Crippen LogP) is 4.79. The highest BCUT2D eigenvalue weighted by Gasteiger charge is 2.18. The molecule has 2 aromatic carbocycles. The number of benzene rings is 2. The molecule has 0 unspecified atom stereocenters. The summed E-state index contributed by atoms with van der Waals surface area (Å²) in [5.41, 5.74) is 2.94. The van der Waals surface area contributed by atoms with Crippen molar-refractivity contribution in [3.05, 3.63) is 65.0 Å². The first-order valence-corrected chi connectivity index (χ1v) is 7.37. The van der Waals surface area contributed by atoms with Gasteiger partial charge in [-0.05, 0) is 30.7 Å². The molecule has 3 rings (SSSR count). The van der Waals surface area contributed by atoms with Gasteiger partial charge in [0, 0.05) is 11.5 Å². The van der Waals surface area contributed by atoms with Gasteiger partial charge in [0.25, 0.3) is 0 Å². The highest BCUT2D eigenvalue weighted by atomic mass is 19.1. The topological polar surface area (TPSA) is 17.8 Å². The van der Waals surface area contributed by atoms with Gasteiger partial charge in [-0.25, -0.2) is 13.8 Å². The fourth-order valence-corrected chi connectivity index (χ4v) is 2.75.